The Balaban J connectivity index is 2.43. The van der Waals surface area contributed by atoms with Crippen LogP contribution in [0.4, 0.5) is 4.79 Å². The van der Waals surface area contributed by atoms with Crippen molar-refractivity contribution in [1.82, 2.24) is 5.32 Å². The quantitative estimate of drug-likeness (QED) is 0.854. The van der Waals surface area contributed by atoms with Crippen LogP contribution in [0.2, 0.25) is 0 Å². The second-order valence-electron chi connectivity index (χ2n) is 5.01. The third kappa shape index (κ3) is 5.49. The lowest BCUT2D eigenvalue weighted by Crippen LogP contribution is -2.34. The molecule has 0 aliphatic carbocycles. The fourth-order valence-corrected chi connectivity index (χ4v) is 1.84. The van der Waals surface area contributed by atoms with Crippen LogP contribution in [0, 0.1) is 11.3 Å². The Labute approximate surface area is 127 Å². The van der Waals surface area contributed by atoms with Gasteiger partial charge in [0.05, 0.1) is 16.6 Å². The standard InChI is InChI=1S/C14H17BrN2O3/c1-14(2,3)20-13(18)17-7-8-19-12-10(9-16)5-4-6-11(12)15/h4-6H,7-8H2,1-3H3,(H,17,18). The smallest absolute Gasteiger partial charge is 0.407 e. The van der Waals surface area contributed by atoms with Crippen LogP contribution in [0.1, 0.15) is 26.3 Å². The van der Waals surface area contributed by atoms with Gasteiger partial charge in [0.25, 0.3) is 0 Å². The van der Waals surface area contributed by atoms with Crippen molar-refractivity contribution in [1.29, 1.82) is 5.26 Å². The molecule has 0 saturated heterocycles. The van der Waals surface area contributed by atoms with Crippen LogP contribution in [0.25, 0.3) is 0 Å². The highest BCUT2D eigenvalue weighted by Gasteiger charge is 2.15. The molecule has 0 heterocycles. The SMILES string of the molecule is CC(C)(C)OC(=O)NCCOc1c(Br)cccc1C#N. The first-order chi connectivity index (χ1) is 9.33. The molecule has 108 valence electrons. The number of carbonyl (C=O) groups excluding carboxylic acids is 1. The molecule has 1 aromatic carbocycles. The second kappa shape index (κ2) is 7.15. The zero-order valence-corrected chi connectivity index (χ0v) is 13.3. The summed E-state index contributed by atoms with van der Waals surface area (Å²) in [5.74, 6) is 0.473. The molecule has 0 aliphatic heterocycles. The summed E-state index contributed by atoms with van der Waals surface area (Å²) >= 11 is 3.32. The summed E-state index contributed by atoms with van der Waals surface area (Å²) in [4.78, 5) is 11.4. The van der Waals surface area contributed by atoms with E-state index in [9.17, 15) is 4.79 Å². The van der Waals surface area contributed by atoms with Crippen molar-refractivity contribution in [2.24, 2.45) is 0 Å². The van der Waals surface area contributed by atoms with Crippen molar-refractivity contribution in [3.63, 3.8) is 0 Å². The number of nitrogens with zero attached hydrogens (tertiary/aromatic N) is 1. The average molecular weight is 341 g/mol. The number of amides is 1. The third-order valence-corrected chi connectivity index (χ3v) is 2.73. The molecule has 1 aromatic rings. The van der Waals surface area contributed by atoms with Gasteiger partial charge in [-0.15, -0.1) is 0 Å². The van der Waals surface area contributed by atoms with Crippen LogP contribution in [0.5, 0.6) is 5.75 Å². The number of halogens is 1. The van der Waals surface area contributed by atoms with E-state index in [1.54, 1.807) is 39.0 Å². The van der Waals surface area contributed by atoms with Crippen molar-refractivity contribution in [2.45, 2.75) is 26.4 Å². The fraction of sp³-hybridized carbons (Fsp3) is 0.429. The number of hydrogen-bond donors (Lipinski definition) is 1. The fourth-order valence-electron chi connectivity index (χ4n) is 1.36. The van der Waals surface area contributed by atoms with Crippen LogP contribution < -0.4 is 10.1 Å². The Bertz CT molecular complexity index is 518. The van der Waals surface area contributed by atoms with E-state index < -0.39 is 11.7 Å². The van der Waals surface area contributed by atoms with Gasteiger partial charge in [-0.1, -0.05) is 6.07 Å². The largest absolute Gasteiger partial charge is 0.489 e. The Morgan fingerprint density at radius 2 is 2.15 bits per heavy atom. The Morgan fingerprint density at radius 3 is 2.75 bits per heavy atom. The lowest BCUT2D eigenvalue weighted by molar-refractivity contribution is 0.0520. The zero-order chi connectivity index (χ0) is 15.2. The van der Waals surface area contributed by atoms with Crippen LogP contribution in [-0.2, 0) is 4.74 Å². The number of nitriles is 1. The van der Waals surface area contributed by atoms with E-state index in [1.807, 2.05) is 0 Å². The van der Waals surface area contributed by atoms with E-state index >= 15 is 0 Å². The number of para-hydroxylation sites is 1. The molecule has 0 fully saturated rings. The van der Waals surface area contributed by atoms with Crippen molar-refractivity contribution in [2.75, 3.05) is 13.2 Å². The molecule has 0 unspecified atom stereocenters. The molecule has 0 radical (unpaired) electrons. The summed E-state index contributed by atoms with van der Waals surface area (Å²) in [7, 11) is 0. The Kier molecular flexibility index (Phi) is 5.83. The normalized spacial score (nSPS) is 10.6. The maximum absolute atomic E-state index is 11.4. The van der Waals surface area contributed by atoms with Gasteiger partial charge in [-0.2, -0.15) is 5.26 Å². The number of ether oxygens (including phenoxy) is 2. The highest BCUT2D eigenvalue weighted by atomic mass is 79.9. The molecule has 5 nitrogen and oxygen atoms in total. The average Bonchev–Trinajstić information content (AvgIpc) is 2.33. The van der Waals surface area contributed by atoms with E-state index in [-0.39, 0.29) is 6.61 Å². The Morgan fingerprint density at radius 1 is 1.45 bits per heavy atom. The van der Waals surface area contributed by atoms with Gasteiger partial charge < -0.3 is 14.8 Å². The number of hydrogen-bond acceptors (Lipinski definition) is 4. The lowest BCUT2D eigenvalue weighted by Gasteiger charge is -2.19. The first-order valence-electron chi connectivity index (χ1n) is 6.12. The zero-order valence-electron chi connectivity index (χ0n) is 11.7. The molecule has 20 heavy (non-hydrogen) atoms. The summed E-state index contributed by atoms with van der Waals surface area (Å²) in [6.07, 6.45) is -0.492. The number of carbonyl (C=O) groups is 1. The summed E-state index contributed by atoms with van der Waals surface area (Å²) in [6.45, 7) is 5.92. The van der Waals surface area contributed by atoms with Gasteiger partial charge in [-0.3, -0.25) is 0 Å². The number of rotatable bonds is 4. The highest BCUT2D eigenvalue weighted by Crippen LogP contribution is 2.28. The number of nitrogens with one attached hydrogen (secondary N) is 1. The highest BCUT2D eigenvalue weighted by molar-refractivity contribution is 9.10. The van der Waals surface area contributed by atoms with E-state index in [0.717, 1.165) is 0 Å². The predicted molar refractivity (Wildman–Crippen MR) is 78.6 cm³/mol. The van der Waals surface area contributed by atoms with Crippen molar-refractivity contribution in [3.8, 4) is 11.8 Å². The minimum Gasteiger partial charge on any atom is -0.489 e. The van der Waals surface area contributed by atoms with E-state index in [2.05, 4.69) is 27.3 Å². The summed E-state index contributed by atoms with van der Waals surface area (Å²) in [5.41, 5.74) is -0.0851. The summed E-state index contributed by atoms with van der Waals surface area (Å²) in [5, 5.41) is 11.6. The summed E-state index contributed by atoms with van der Waals surface area (Å²) in [6, 6.07) is 7.27. The second-order valence-corrected chi connectivity index (χ2v) is 5.86. The maximum Gasteiger partial charge on any atom is 0.407 e. The van der Waals surface area contributed by atoms with Crippen molar-refractivity contribution >= 4 is 22.0 Å². The van der Waals surface area contributed by atoms with Gasteiger partial charge in [0.2, 0.25) is 0 Å². The molecule has 0 saturated carbocycles. The molecule has 0 aliphatic rings. The van der Waals surface area contributed by atoms with Crippen LogP contribution >= 0.6 is 15.9 Å². The summed E-state index contributed by atoms with van der Waals surface area (Å²) < 4.78 is 11.3. The minimum absolute atomic E-state index is 0.247. The lowest BCUT2D eigenvalue weighted by atomic mass is 10.2. The van der Waals surface area contributed by atoms with Gasteiger partial charge in [0.1, 0.15) is 18.3 Å². The molecule has 1 amide bonds. The van der Waals surface area contributed by atoms with Crippen LogP contribution in [0.15, 0.2) is 22.7 Å². The first kappa shape index (κ1) is 16.3. The minimum atomic E-state index is -0.526. The van der Waals surface area contributed by atoms with Gasteiger partial charge in [0, 0.05) is 0 Å². The molecule has 0 aromatic heterocycles. The molecule has 0 atom stereocenters. The topological polar surface area (TPSA) is 71.3 Å². The monoisotopic (exact) mass is 340 g/mol. The van der Waals surface area contributed by atoms with Crippen molar-refractivity contribution in [3.05, 3.63) is 28.2 Å². The van der Waals surface area contributed by atoms with Gasteiger partial charge in [-0.05, 0) is 48.8 Å². The predicted octanol–water partition coefficient (Wildman–Crippen LogP) is 3.22. The Hall–Kier alpha value is -1.74. The molecule has 1 rings (SSSR count). The molecule has 0 spiro atoms. The van der Waals surface area contributed by atoms with E-state index in [1.165, 1.54) is 0 Å². The van der Waals surface area contributed by atoms with Crippen molar-refractivity contribution < 1.29 is 14.3 Å². The number of benzene rings is 1. The molecule has 6 heteroatoms. The molecular weight excluding hydrogens is 324 g/mol. The third-order valence-electron chi connectivity index (χ3n) is 2.10. The van der Waals surface area contributed by atoms with Gasteiger partial charge in [0.15, 0.2) is 5.75 Å². The van der Waals surface area contributed by atoms with E-state index in [4.69, 9.17) is 14.7 Å². The van der Waals surface area contributed by atoms with Crippen LogP contribution in [0.3, 0.4) is 0 Å². The van der Waals surface area contributed by atoms with Gasteiger partial charge in [-0.25, -0.2) is 4.79 Å². The maximum atomic E-state index is 11.4. The number of alkyl carbamates (subject to hydrolysis) is 1. The van der Waals surface area contributed by atoms with Crippen LogP contribution in [-0.4, -0.2) is 24.8 Å². The molecule has 0 bridgehead atoms. The molecule has 1 N–H and O–H groups in total. The first-order valence-corrected chi connectivity index (χ1v) is 6.91. The van der Waals surface area contributed by atoms with E-state index in [0.29, 0.717) is 22.3 Å². The molecular formula is C14H17BrN2O3. The van der Waals surface area contributed by atoms with Gasteiger partial charge >= 0.3 is 6.09 Å².